The fourth-order valence-electron chi connectivity index (χ4n) is 4.04. The normalized spacial score (nSPS) is 22.1. The lowest BCUT2D eigenvalue weighted by atomic mass is 9.88. The second kappa shape index (κ2) is 5.93. The lowest BCUT2D eigenvalue weighted by Crippen LogP contribution is -2.36. The number of nitrogens with zero attached hydrogens (tertiary/aromatic N) is 1. The van der Waals surface area contributed by atoms with Crippen LogP contribution >= 0.6 is 22.6 Å². The highest BCUT2D eigenvalue weighted by Crippen LogP contribution is 2.65. The summed E-state index contributed by atoms with van der Waals surface area (Å²) < 4.78 is 0.196. The maximum atomic E-state index is 11.5. The number of carbonyl (C=O) groups excluding carboxylic acids is 1. The molecule has 23 heavy (non-hydrogen) atoms. The maximum Gasteiger partial charge on any atom is 0.283 e. The van der Waals surface area contributed by atoms with E-state index in [9.17, 15) is 4.79 Å². The highest BCUT2D eigenvalue weighted by molar-refractivity contribution is 14.1. The van der Waals surface area contributed by atoms with Gasteiger partial charge in [0.05, 0.1) is 0 Å². The molecule has 4 rings (SSSR count). The highest BCUT2D eigenvalue weighted by Gasteiger charge is 2.55. The number of benzene rings is 2. The van der Waals surface area contributed by atoms with Crippen molar-refractivity contribution >= 4 is 26.5 Å². The molecule has 0 bridgehead atoms. The van der Waals surface area contributed by atoms with Gasteiger partial charge in [-0.1, -0.05) is 54.6 Å². The Morgan fingerprint density at radius 2 is 1.57 bits per heavy atom. The van der Waals surface area contributed by atoms with Gasteiger partial charge < -0.3 is 4.90 Å². The van der Waals surface area contributed by atoms with E-state index < -0.39 is 0 Å². The summed E-state index contributed by atoms with van der Waals surface area (Å²) in [6.45, 7) is 1.86. The van der Waals surface area contributed by atoms with Gasteiger partial charge in [0.1, 0.15) is 0 Å². The van der Waals surface area contributed by atoms with Gasteiger partial charge in [-0.15, -0.1) is 0 Å². The Morgan fingerprint density at radius 3 is 2.17 bits per heavy atom. The van der Waals surface area contributed by atoms with Crippen molar-refractivity contribution in [1.82, 2.24) is 4.90 Å². The SMILES string of the molecule is O=C(I)N1CCC2(CC1)C[C@H]2c1ccc(-c2ccccc2)cc1. The van der Waals surface area contributed by atoms with E-state index in [-0.39, 0.29) is 3.91 Å². The van der Waals surface area contributed by atoms with Gasteiger partial charge in [-0.05, 0) is 47.3 Å². The third kappa shape index (κ3) is 2.91. The highest BCUT2D eigenvalue weighted by atomic mass is 127. The van der Waals surface area contributed by atoms with Crippen LogP contribution in [0.2, 0.25) is 0 Å². The van der Waals surface area contributed by atoms with E-state index in [0.717, 1.165) is 25.9 Å². The molecule has 1 spiro atoms. The van der Waals surface area contributed by atoms with Crippen molar-refractivity contribution in [3.8, 4) is 11.1 Å². The van der Waals surface area contributed by atoms with Crippen LogP contribution in [0.5, 0.6) is 0 Å². The van der Waals surface area contributed by atoms with Crippen molar-refractivity contribution in [2.75, 3.05) is 13.1 Å². The Hall–Kier alpha value is -1.36. The number of hydrogen-bond donors (Lipinski definition) is 0. The molecule has 1 saturated carbocycles. The van der Waals surface area contributed by atoms with E-state index in [4.69, 9.17) is 0 Å². The van der Waals surface area contributed by atoms with Gasteiger partial charge in [-0.3, -0.25) is 4.79 Å². The number of hydrogen-bond acceptors (Lipinski definition) is 1. The van der Waals surface area contributed by atoms with Crippen LogP contribution in [0.4, 0.5) is 4.79 Å². The Balaban J connectivity index is 1.46. The lowest BCUT2D eigenvalue weighted by molar-refractivity contribution is 0.186. The molecule has 2 aromatic rings. The topological polar surface area (TPSA) is 20.3 Å². The Morgan fingerprint density at radius 1 is 0.957 bits per heavy atom. The summed E-state index contributed by atoms with van der Waals surface area (Å²) in [5, 5.41) is 0. The van der Waals surface area contributed by atoms with Crippen molar-refractivity contribution < 1.29 is 4.79 Å². The molecule has 2 nitrogen and oxygen atoms in total. The predicted molar refractivity (Wildman–Crippen MR) is 102 cm³/mol. The van der Waals surface area contributed by atoms with Crippen molar-refractivity contribution in [1.29, 1.82) is 0 Å². The molecular formula is C20H20INO. The average molecular weight is 417 g/mol. The average Bonchev–Trinajstić information content (AvgIpc) is 3.29. The van der Waals surface area contributed by atoms with Gasteiger partial charge in [-0.2, -0.15) is 0 Å². The van der Waals surface area contributed by atoms with Crippen molar-refractivity contribution in [3.63, 3.8) is 0 Å². The first-order chi connectivity index (χ1) is 11.2. The first-order valence-corrected chi connectivity index (χ1v) is 9.36. The van der Waals surface area contributed by atoms with Crippen LogP contribution in [0, 0.1) is 5.41 Å². The molecule has 2 fully saturated rings. The fraction of sp³-hybridized carbons (Fsp3) is 0.350. The standard InChI is InChI=1S/C20H20INO/c21-19(23)22-12-10-20(11-13-22)14-18(20)17-8-6-16(7-9-17)15-4-2-1-3-5-15/h1-9,18H,10-14H2/t18-/m0/s1. The molecule has 0 unspecified atom stereocenters. The van der Waals surface area contributed by atoms with Crippen LogP contribution in [0.1, 0.15) is 30.7 Å². The van der Waals surface area contributed by atoms with E-state index in [1.807, 2.05) is 27.5 Å². The zero-order chi connectivity index (χ0) is 15.9. The number of carbonyl (C=O) groups is 1. The van der Waals surface area contributed by atoms with Crippen LogP contribution in [0.3, 0.4) is 0 Å². The molecule has 1 aliphatic carbocycles. The molecule has 118 valence electrons. The van der Waals surface area contributed by atoms with Crippen LogP contribution in [0.15, 0.2) is 54.6 Å². The molecule has 1 aliphatic heterocycles. The van der Waals surface area contributed by atoms with Crippen LogP contribution < -0.4 is 0 Å². The number of piperidine rings is 1. The number of rotatable bonds is 2. The van der Waals surface area contributed by atoms with Gasteiger partial charge in [0.15, 0.2) is 0 Å². The lowest BCUT2D eigenvalue weighted by Gasteiger charge is -2.31. The first kappa shape index (κ1) is 15.2. The zero-order valence-corrected chi connectivity index (χ0v) is 15.2. The van der Waals surface area contributed by atoms with E-state index in [2.05, 4.69) is 54.6 Å². The second-order valence-electron chi connectivity index (χ2n) is 6.85. The monoisotopic (exact) mass is 417 g/mol. The van der Waals surface area contributed by atoms with Gasteiger partial charge in [0, 0.05) is 35.7 Å². The third-order valence-corrected chi connectivity index (χ3v) is 6.30. The number of amides is 1. The van der Waals surface area contributed by atoms with E-state index in [1.165, 1.54) is 23.1 Å². The maximum absolute atomic E-state index is 11.5. The molecule has 1 heterocycles. The molecule has 1 atom stereocenters. The smallest absolute Gasteiger partial charge is 0.283 e. The Labute approximate surface area is 151 Å². The van der Waals surface area contributed by atoms with Gasteiger partial charge in [0.2, 0.25) is 0 Å². The summed E-state index contributed by atoms with van der Waals surface area (Å²) in [5.74, 6) is 0.693. The van der Waals surface area contributed by atoms with E-state index in [1.54, 1.807) is 0 Å². The van der Waals surface area contributed by atoms with Gasteiger partial charge in [-0.25, -0.2) is 0 Å². The largest absolute Gasteiger partial charge is 0.334 e. The van der Waals surface area contributed by atoms with Crippen molar-refractivity contribution in [2.45, 2.75) is 25.2 Å². The molecule has 0 N–H and O–H groups in total. The number of likely N-dealkylation sites (tertiary alicyclic amines) is 1. The molecule has 1 saturated heterocycles. The molecule has 0 radical (unpaired) electrons. The van der Waals surface area contributed by atoms with Crippen molar-refractivity contribution in [3.05, 3.63) is 60.2 Å². The summed E-state index contributed by atoms with van der Waals surface area (Å²) >= 11 is 1.91. The quantitative estimate of drug-likeness (QED) is 0.360. The fourth-order valence-corrected chi connectivity index (χ4v) is 4.52. The zero-order valence-electron chi connectivity index (χ0n) is 13.0. The molecular weight excluding hydrogens is 397 g/mol. The van der Waals surface area contributed by atoms with E-state index in [0.29, 0.717) is 11.3 Å². The second-order valence-corrected chi connectivity index (χ2v) is 7.77. The molecule has 2 aromatic carbocycles. The van der Waals surface area contributed by atoms with Crippen LogP contribution in [0.25, 0.3) is 11.1 Å². The predicted octanol–water partition coefficient (Wildman–Crippen LogP) is 5.48. The van der Waals surface area contributed by atoms with Crippen LogP contribution in [-0.4, -0.2) is 21.9 Å². The minimum Gasteiger partial charge on any atom is -0.334 e. The van der Waals surface area contributed by atoms with Crippen LogP contribution in [-0.2, 0) is 0 Å². The molecule has 1 amide bonds. The summed E-state index contributed by atoms with van der Waals surface area (Å²) in [6.07, 6.45) is 3.61. The summed E-state index contributed by atoms with van der Waals surface area (Å²) in [7, 11) is 0. The number of halogens is 1. The molecule has 3 heteroatoms. The summed E-state index contributed by atoms with van der Waals surface area (Å²) in [6, 6.07) is 19.6. The minimum absolute atomic E-state index is 0.196. The van der Waals surface area contributed by atoms with E-state index >= 15 is 0 Å². The van der Waals surface area contributed by atoms with Crippen molar-refractivity contribution in [2.24, 2.45) is 5.41 Å². The molecule has 2 aliphatic rings. The molecule has 0 aromatic heterocycles. The Bertz CT molecular complexity index is 702. The first-order valence-electron chi connectivity index (χ1n) is 8.28. The van der Waals surface area contributed by atoms with Gasteiger partial charge in [0.25, 0.3) is 3.91 Å². The van der Waals surface area contributed by atoms with Gasteiger partial charge >= 0.3 is 0 Å². The minimum atomic E-state index is 0.196. The Kier molecular flexibility index (Phi) is 3.92. The third-order valence-electron chi connectivity index (χ3n) is 5.62. The summed E-state index contributed by atoms with van der Waals surface area (Å²) in [5.41, 5.74) is 4.50. The summed E-state index contributed by atoms with van der Waals surface area (Å²) in [4.78, 5) is 13.5.